The molecule has 6 nitrogen and oxygen atoms in total. The molecule has 2 aromatic rings. The summed E-state index contributed by atoms with van der Waals surface area (Å²) >= 11 is 6.25. The molecule has 0 aromatic heterocycles. The van der Waals surface area contributed by atoms with Crippen LogP contribution in [-0.4, -0.2) is 44.5 Å². The molecule has 0 spiro atoms. The molecule has 0 saturated carbocycles. The van der Waals surface area contributed by atoms with Crippen molar-refractivity contribution in [1.29, 1.82) is 0 Å². The van der Waals surface area contributed by atoms with E-state index in [1.54, 1.807) is 32.4 Å². The van der Waals surface area contributed by atoms with E-state index in [-0.39, 0.29) is 18.8 Å². The van der Waals surface area contributed by atoms with Crippen molar-refractivity contribution in [2.45, 2.75) is 45.6 Å². The molecule has 33 heavy (non-hydrogen) atoms. The van der Waals surface area contributed by atoms with Gasteiger partial charge in [0.25, 0.3) is 0 Å². The second-order valence-electron chi connectivity index (χ2n) is 8.83. The second kappa shape index (κ2) is 12.1. The van der Waals surface area contributed by atoms with E-state index < -0.39 is 0 Å². The highest BCUT2D eigenvalue weighted by molar-refractivity contribution is 6.33. The topological polar surface area (TPSA) is 74.0 Å². The summed E-state index contributed by atoms with van der Waals surface area (Å²) in [4.78, 5) is 15.2. The van der Waals surface area contributed by atoms with E-state index >= 15 is 0 Å². The maximum atomic E-state index is 12.7. The standard InChI is InChI=1S/C26H35ClN2O4/c1-18-6-9-29(10-7-18)8-4-5-21(30)13-20-14-24(27)25(28)16-26(20)33-17-19-11-22(31-2)15-23(12-19)32-3/h11-12,14-16,18H,4-10,13,17,28H2,1-3H3. The van der Waals surface area contributed by atoms with Gasteiger partial charge in [0.15, 0.2) is 0 Å². The Morgan fingerprint density at radius 2 is 1.76 bits per heavy atom. The number of rotatable bonds is 11. The van der Waals surface area contributed by atoms with Crippen LogP contribution in [0.1, 0.15) is 43.7 Å². The van der Waals surface area contributed by atoms with Gasteiger partial charge in [-0.15, -0.1) is 0 Å². The molecule has 3 rings (SSSR count). The summed E-state index contributed by atoms with van der Waals surface area (Å²) in [6.07, 6.45) is 4.18. The van der Waals surface area contributed by atoms with Gasteiger partial charge < -0.3 is 24.8 Å². The summed E-state index contributed by atoms with van der Waals surface area (Å²) in [5.74, 6) is 2.92. The Bertz CT molecular complexity index is 920. The van der Waals surface area contributed by atoms with Gasteiger partial charge in [0.05, 0.1) is 24.9 Å². The number of anilines is 1. The number of methoxy groups -OCH3 is 2. The molecule has 1 saturated heterocycles. The third-order valence-electron chi connectivity index (χ3n) is 6.18. The smallest absolute Gasteiger partial charge is 0.137 e. The molecule has 0 aliphatic carbocycles. The third-order valence-corrected chi connectivity index (χ3v) is 6.51. The van der Waals surface area contributed by atoms with E-state index in [9.17, 15) is 4.79 Å². The molecule has 2 N–H and O–H groups in total. The van der Waals surface area contributed by atoms with Crippen LogP contribution in [0.4, 0.5) is 5.69 Å². The first-order valence-electron chi connectivity index (χ1n) is 11.5. The highest BCUT2D eigenvalue weighted by atomic mass is 35.5. The summed E-state index contributed by atoms with van der Waals surface area (Å²) in [5, 5.41) is 0.427. The van der Waals surface area contributed by atoms with Gasteiger partial charge in [-0.05, 0) is 68.6 Å². The molecule has 1 aliphatic rings. The van der Waals surface area contributed by atoms with Gasteiger partial charge in [-0.1, -0.05) is 18.5 Å². The first-order valence-corrected chi connectivity index (χ1v) is 11.9. The lowest BCUT2D eigenvalue weighted by Crippen LogP contribution is -2.33. The Hall–Kier alpha value is -2.44. The number of benzene rings is 2. The summed E-state index contributed by atoms with van der Waals surface area (Å²) < 4.78 is 16.7. The fraction of sp³-hybridized carbons (Fsp3) is 0.500. The van der Waals surface area contributed by atoms with E-state index in [2.05, 4.69) is 11.8 Å². The van der Waals surface area contributed by atoms with Gasteiger partial charge in [-0.2, -0.15) is 0 Å². The lowest BCUT2D eigenvalue weighted by Gasteiger charge is -2.30. The maximum Gasteiger partial charge on any atom is 0.137 e. The number of nitrogens with two attached hydrogens (primary N) is 1. The average Bonchev–Trinajstić information content (AvgIpc) is 2.81. The number of hydrogen-bond acceptors (Lipinski definition) is 6. The number of Topliss-reactive ketones (excluding diaryl/α,β-unsaturated/α-hetero) is 1. The minimum atomic E-state index is 0.175. The van der Waals surface area contributed by atoms with Crippen molar-refractivity contribution in [3.63, 3.8) is 0 Å². The van der Waals surface area contributed by atoms with Crippen LogP contribution in [0.15, 0.2) is 30.3 Å². The molecule has 1 aliphatic heterocycles. The largest absolute Gasteiger partial charge is 0.497 e. The number of hydrogen-bond donors (Lipinski definition) is 1. The van der Waals surface area contributed by atoms with E-state index in [1.807, 2.05) is 12.1 Å². The molecule has 0 amide bonds. The molecule has 1 fully saturated rings. The first kappa shape index (κ1) is 25.2. The molecule has 0 unspecified atom stereocenters. The van der Waals surface area contributed by atoms with Gasteiger partial charge in [-0.3, -0.25) is 4.79 Å². The molecular weight excluding hydrogens is 440 g/mol. The van der Waals surface area contributed by atoms with Crippen molar-refractivity contribution < 1.29 is 19.0 Å². The molecule has 0 radical (unpaired) electrons. The predicted octanol–water partition coefficient (Wildman–Crippen LogP) is 5.14. The molecule has 180 valence electrons. The van der Waals surface area contributed by atoms with Gasteiger partial charge in [0.2, 0.25) is 0 Å². The van der Waals surface area contributed by atoms with Crippen molar-refractivity contribution in [2.75, 3.05) is 39.6 Å². The van der Waals surface area contributed by atoms with Crippen LogP contribution in [0.25, 0.3) is 0 Å². The van der Waals surface area contributed by atoms with Crippen molar-refractivity contribution >= 4 is 23.1 Å². The fourth-order valence-corrected chi connectivity index (χ4v) is 4.27. The molecule has 1 heterocycles. The summed E-state index contributed by atoms with van der Waals surface area (Å²) in [7, 11) is 3.21. The SMILES string of the molecule is COc1cc(COc2cc(N)c(Cl)cc2CC(=O)CCCN2CCC(C)CC2)cc(OC)c1. The Morgan fingerprint density at radius 3 is 2.39 bits per heavy atom. The predicted molar refractivity (Wildman–Crippen MR) is 133 cm³/mol. The molecule has 7 heteroatoms. The summed E-state index contributed by atoms with van der Waals surface area (Å²) in [6, 6.07) is 9.00. The van der Waals surface area contributed by atoms with Crippen LogP contribution in [-0.2, 0) is 17.8 Å². The fourth-order valence-electron chi connectivity index (χ4n) is 4.08. The van der Waals surface area contributed by atoms with Crippen molar-refractivity contribution in [1.82, 2.24) is 4.90 Å². The average molecular weight is 475 g/mol. The number of likely N-dealkylation sites (tertiary alicyclic amines) is 1. The van der Waals surface area contributed by atoms with Gasteiger partial charge in [0, 0.05) is 30.5 Å². The zero-order chi connectivity index (χ0) is 23.8. The Labute approximate surface area is 201 Å². The van der Waals surface area contributed by atoms with Crippen molar-refractivity contribution in [3.05, 3.63) is 46.5 Å². The van der Waals surface area contributed by atoms with Crippen LogP contribution >= 0.6 is 11.6 Å². The lowest BCUT2D eigenvalue weighted by atomic mass is 9.99. The number of nitrogen functional groups attached to an aromatic ring is 1. The zero-order valence-electron chi connectivity index (χ0n) is 19.9. The van der Waals surface area contributed by atoms with Gasteiger partial charge >= 0.3 is 0 Å². The minimum absolute atomic E-state index is 0.175. The van der Waals surface area contributed by atoms with Crippen LogP contribution in [0.2, 0.25) is 5.02 Å². The maximum absolute atomic E-state index is 12.7. The van der Waals surface area contributed by atoms with Crippen LogP contribution in [0.3, 0.4) is 0 Å². The van der Waals surface area contributed by atoms with Crippen molar-refractivity contribution in [2.24, 2.45) is 5.92 Å². The van der Waals surface area contributed by atoms with E-state index in [4.69, 9.17) is 31.5 Å². The summed E-state index contributed by atoms with van der Waals surface area (Å²) in [5.41, 5.74) is 8.07. The zero-order valence-corrected chi connectivity index (χ0v) is 20.6. The van der Waals surface area contributed by atoms with Crippen molar-refractivity contribution in [3.8, 4) is 17.2 Å². The Balaban J connectivity index is 1.60. The molecule has 2 aromatic carbocycles. The Morgan fingerprint density at radius 1 is 1.09 bits per heavy atom. The normalized spacial score (nSPS) is 14.8. The number of carbonyl (C=O) groups excluding carboxylic acids is 1. The minimum Gasteiger partial charge on any atom is -0.497 e. The number of ether oxygens (including phenoxy) is 3. The second-order valence-corrected chi connectivity index (χ2v) is 9.24. The summed E-state index contributed by atoms with van der Waals surface area (Å²) in [6.45, 7) is 5.83. The van der Waals surface area contributed by atoms with Gasteiger partial charge in [0.1, 0.15) is 29.6 Å². The monoisotopic (exact) mass is 474 g/mol. The molecule has 0 atom stereocenters. The van der Waals surface area contributed by atoms with Crippen LogP contribution in [0.5, 0.6) is 17.2 Å². The highest BCUT2D eigenvalue weighted by Crippen LogP contribution is 2.31. The number of ketones is 1. The van der Waals surface area contributed by atoms with Crippen LogP contribution in [0, 0.1) is 5.92 Å². The van der Waals surface area contributed by atoms with E-state index in [0.29, 0.717) is 34.4 Å². The third kappa shape index (κ3) is 7.54. The number of halogens is 1. The van der Waals surface area contributed by atoms with Crippen LogP contribution < -0.4 is 19.9 Å². The van der Waals surface area contributed by atoms with E-state index in [0.717, 1.165) is 43.1 Å². The number of piperidine rings is 1. The molecule has 0 bridgehead atoms. The van der Waals surface area contributed by atoms with E-state index in [1.165, 1.54) is 12.8 Å². The van der Waals surface area contributed by atoms with Gasteiger partial charge in [-0.25, -0.2) is 0 Å². The lowest BCUT2D eigenvalue weighted by molar-refractivity contribution is -0.118. The number of carbonyl (C=O) groups is 1. The Kier molecular flexibility index (Phi) is 9.27. The first-order chi connectivity index (χ1) is 15.9. The molecular formula is C26H35ClN2O4. The highest BCUT2D eigenvalue weighted by Gasteiger charge is 2.17. The quantitative estimate of drug-likeness (QED) is 0.454. The number of nitrogens with zero attached hydrogens (tertiary/aromatic N) is 1.